The molecule has 0 heterocycles. The molecule has 33 heavy (non-hydrogen) atoms. The zero-order valence-electron chi connectivity index (χ0n) is 17.6. The molecule has 4 rings (SSSR count). The molecule has 0 unspecified atom stereocenters. The molecule has 0 aromatic heterocycles. The van der Waals surface area contributed by atoms with Crippen LogP contribution in [-0.4, -0.2) is 0 Å². The van der Waals surface area contributed by atoms with Crippen molar-refractivity contribution in [1.29, 1.82) is 10.5 Å². The first-order valence-corrected chi connectivity index (χ1v) is 11.8. The van der Waals surface area contributed by atoms with Crippen molar-refractivity contribution >= 4 is 35.0 Å². The number of nitriles is 2. The molecule has 0 aliphatic carbocycles. The van der Waals surface area contributed by atoms with E-state index in [1.807, 2.05) is 84.9 Å². The van der Waals surface area contributed by atoms with Gasteiger partial charge in [0.25, 0.3) is 0 Å². The zero-order chi connectivity index (χ0) is 23.2. The molecule has 160 valence electrons. The van der Waals surface area contributed by atoms with E-state index in [0.717, 1.165) is 32.0 Å². The first-order valence-electron chi connectivity index (χ1n) is 10.3. The second-order valence-corrected chi connectivity index (χ2v) is 9.53. The lowest BCUT2D eigenvalue weighted by Crippen LogP contribution is -1.95. The van der Waals surface area contributed by atoms with Crippen molar-refractivity contribution in [3.05, 3.63) is 128 Å². The molecule has 0 bridgehead atoms. The van der Waals surface area contributed by atoms with Crippen LogP contribution in [0.15, 0.2) is 94.7 Å². The molecule has 0 saturated heterocycles. The minimum Gasteiger partial charge on any atom is -0.192 e. The lowest BCUT2D eigenvalue weighted by molar-refractivity contribution is 1.11. The second-order valence-electron chi connectivity index (χ2n) is 7.58. The van der Waals surface area contributed by atoms with E-state index >= 15 is 0 Å². The highest BCUT2D eigenvalue weighted by atomic mass is 35.5. The molecule has 0 aliphatic rings. The monoisotopic (exact) mass is 484 g/mol. The van der Waals surface area contributed by atoms with Crippen molar-refractivity contribution < 1.29 is 0 Å². The minimum atomic E-state index is 0.646. The van der Waals surface area contributed by atoms with Gasteiger partial charge in [-0.1, -0.05) is 59.2 Å². The van der Waals surface area contributed by atoms with E-state index in [1.165, 1.54) is 0 Å². The highest BCUT2D eigenvalue weighted by Gasteiger charge is 2.12. The van der Waals surface area contributed by atoms with Crippen LogP contribution in [-0.2, 0) is 12.8 Å². The summed E-state index contributed by atoms with van der Waals surface area (Å²) in [6.07, 6.45) is 1.43. The molecule has 0 aliphatic heterocycles. The summed E-state index contributed by atoms with van der Waals surface area (Å²) in [5, 5.41) is 19.5. The van der Waals surface area contributed by atoms with Crippen molar-refractivity contribution in [3.8, 4) is 12.1 Å². The van der Waals surface area contributed by atoms with Crippen LogP contribution in [0.5, 0.6) is 0 Å². The second kappa shape index (κ2) is 10.6. The van der Waals surface area contributed by atoms with Gasteiger partial charge in [-0.3, -0.25) is 0 Å². The summed E-state index contributed by atoms with van der Waals surface area (Å²) < 4.78 is 0. The van der Waals surface area contributed by atoms with Gasteiger partial charge in [0.2, 0.25) is 0 Å². The molecule has 0 saturated carbocycles. The fourth-order valence-corrected chi connectivity index (χ4v) is 4.95. The van der Waals surface area contributed by atoms with Crippen molar-refractivity contribution in [2.24, 2.45) is 0 Å². The van der Waals surface area contributed by atoms with Gasteiger partial charge >= 0.3 is 0 Å². The fourth-order valence-electron chi connectivity index (χ4n) is 3.52. The Labute approximate surface area is 208 Å². The topological polar surface area (TPSA) is 47.6 Å². The lowest BCUT2D eigenvalue weighted by atomic mass is 10.0. The van der Waals surface area contributed by atoms with Gasteiger partial charge < -0.3 is 0 Å². The van der Waals surface area contributed by atoms with E-state index in [1.54, 1.807) is 11.8 Å². The summed E-state index contributed by atoms with van der Waals surface area (Å²) in [5.74, 6) is 0. The molecular weight excluding hydrogens is 467 g/mol. The Kier molecular flexibility index (Phi) is 7.38. The minimum absolute atomic E-state index is 0.646. The molecule has 0 amide bonds. The number of nitrogens with zero attached hydrogens (tertiary/aromatic N) is 2. The molecule has 0 radical (unpaired) electrons. The average molecular weight is 485 g/mol. The van der Waals surface area contributed by atoms with Crippen LogP contribution in [0.4, 0.5) is 0 Å². The number of benzene rings is 4. The highest BCUT2D eigenvalue weighted by molar-refractivity contribution is 7.99. The first-order chi connectivity index (χ1) is 16.0. The van der Waals surface area contributed by atoms with Gasteiger partial charge in [-0.25, -0.2) is 0 Å². The largest absolute Gasteiger partial charge is 0.192 e. The summed E-state index contributed by atoms with van der Waals surface area (Å²) >= 11 is 14.3. The summed E-state index contributed by atoms with van der Waals surface area (Å²) in [7, 11) is 0. The predicted octanol–water partition coefficient (Wildman–Crippen LogP) is 8.07. The standard InChI is InChI=1S/C28H18Cl2N2S/c29-25-9-11-27(23(15-25)13-19-1-5-21(17-31)6-2-19)33-28-12-10-26(30)16-24(28)14-20-3-7-22(18-32)8-4-20/h1-12,15-16H,13-14H2. The van der Waals surface area contributed by atoms with Gasteiger partial charge in [0.15, 0.2) is 0 Å². The van der Waals surface area contributed by atoms with E-state index in [4.69, 9.17) is 33.7 Å². The number of rotatable bonds is 6. The Balaban J connectivity index is 1.63. The number of hydrogen-bond donors (Lipinski definition) is 0. The van der Waals surface area contributed by atoms with Gasteiger partial charge in [-0.2, -0.15) is 10.5 Å². The SMILES string of the molecule is N#Cc1ccc(Cc2cc(Cl)ccc2Sc2ccc(Cl)cc2Cc2ccc(C#N)cc2)cc1. The van der Waals surface area contributed by atoms with Crippen molar-refractivity contribution in [1.82, 2.24) is 0 Å². The van der Waals surface area contributed by atoms with E-state index < -0.39 is 0 Å². The van der Waals surface area contributed by atoms with E-state index in [2.05, 4.69) is 12.1 Å². The zero-order valence-corrected chi connectivity index (χ0v) is 19.9. The smallest absolute Gasteiger partial charge is 0.0991 e. The van der Waals surface area contributed by atoms with Gasteiger partial charge in [-0.15, -0.1) is 0 Å². The maximum absolute atomic E-state index is 9.05. The molecule has 0 fully saturated rings. The van der Waals surface area contributed by atoms with Gasteiger partial charge in [-0.05, 0) is 95.8 Å². The third-order valence-electron chi connectivity index (χ3n) is 5.22. The van der Waals surface area contributed by atoms with Gasteiger partial charge in [0.05, 0.1) is 23.3 Å². The van der Waals surface area contributed by atoms with Gasteiger partial charge in [0, 0.05) is 19.8 Å². The summed E-state index contributed by atoms with van der Waals surface area (Å²) in [4.78, 5) is 2.24. The molecule has 0 N–H and O–H groups in total. The van der Waals surface area contributed by atoms with Crippen LogP contribution in [0.1, 0.15) is 33.4 Å². The van der Waals surface area contributed by atoms with E-state index in [0.29, 0.717) is 34.0 Å². The molecular formula is C28H18Cl2N2S. The quantitative estimate of drug-likeness (QED) is 0.277. The van der Waals surface area contributed by atoms with Gasteiger partial charge in [0.1, 0.15) is 0 Å². The van der Waals surface area contributed by atoms with Crippen LogP contribution in [0.2, 0.25) is 10.0 Å². The molecule has 0 atom stereocenters. The van der Waals surface area contributed by atoms with Crippen molar-refractivity contribution in [2.75, 3.05) is 0 Å². The predicted molar refractivity (Wildman–Crippen MR) is 135 cm³/mol. The third-order valence-corrected chi connectivity index (χ3v) is 6.93. The Morgan fingerprint density at radius 1 is 0.576 bits per heavy atom. The maximum Gasteiger partial charge on any atom is 0.0991 e. The summed E-state index contributed by atoms with van der Waals surface area (Å²) in [6.45, 7) is 0. The fraction of sp³-hybridized carbons (Fsp3) is 0.0714. The molecule has 4 aromatic carbocycles. The van der Waals surface area contributed by atoms with Crippen LogP contribution >= 0.6 is 35.0 Å². The van der Waals surface area contributed by atoms with Crippen LogP contribution in [0.25, 0.3) is 0 Å². The maximum atomic E-state index is 9.05. The van der Waals surface area contributed by atoms with Crippen molar-refractivity contribution in [2.45, 2.75) is 22.6 Å². The number of halogens is 2. The molecule has 5 heteroatoms. The summed E-state index contributed by atoms with van der Waals surface area (Å²) in [6, 6.07) is 31.5. The Morgan fingerprint density at radius 2 is 0.970 bits per heavy atom. The molecule has 2 nitrogen and oxygen atoms in total. The van der Waals surface area contributed by atoms with E-state index in [-0.39, 0.29) is 0 Å². The number of hydrogen-bond acceptors (Lipinski definition) is 3. The Bertz CT molecular complexity index is 1260. The Morgan fingerprint density at radius 3 is 1.33 bits per heavy atom. The van der Waals surface area contributed by atoms with E-state index in [9.17, 15) is 0 Å². The summed E-state index contributed by atoms with van der Waals surface area (Å²) in [5.41, 5.74) is 5.77. The van der Waals surface area contributed by atoms with Crippen LogP contribution in [0.3, 0.4) is 0 Å². The van der Waals surface area contributed by atoms with Crippen molar-refractivity contribution in [3.63, 3.8) is 0 Å². The lowest BCUT2D eigenvalue weighted by Gasteiger charge is -2.14. The molecule has 0 spiro atoms. The van der Waals surface area contributed by atoms with Crippen LogP contribution < -0.4 is 0 Å². The van der Waals surface area contributed by atoms with Crippen LogP contribution in [0, 0.1) is 22.7 Å². The third kappa shape index (κ3) is 5.98. The highest BCUT2D eigenvalue weighted by Crippen LogP contribution is 2.37. The molecule has 4 aromatic rings. The first kappa shape index (κ1) is 23.0. The average Bonchev–Trinajstić information content (AvgIpc) is 2.83. The normalized spacial score (nSPS) is 10.4. The Hall–Kier alpha value is -3.21.